The van der Waals surface area contributed by atoms with Crippen LogP contribution in [0.1, 0.15) is 39.5 Å². The average Bonchev–Trinajstić information content (AvgIpc) is 1.91. The van der Waals surface area contributed by atoms with Gasteiger partial charge in [-0.05, 0) is 6.29 Å². The van der Waals surface area contributed by atoms with Gasteiger partial charge in [-0.25, -0.2) is 0 Å². The maximum atomic E-state index is 10.2. The van der Waals surface area contributed by atoms with Crippen LogP contribution < -0.4 is 0 Å². The molecule has 0 atom stereocenters. The van der Waals surface area contributed by atoms with Gasteiger partial charge in [0.1, 0.15) is 0 Å². The zero-order valence-electron chi connectivity index (χ0n) is 6.81. The largest absolute Gasteiger partial charge is 0.338 e. The summed E-state index contributed by atoms with van der Waals surface area (Å²) in [6.45, 7) is 4.16. The van der Waals surface area contributed by atoms with Gasteiger partial charge < -0.3 is 10.7 Å². The third-order valence-corrected chi connectivity index (χ3v) is 1.47. The van der Waals surface area contributed by atoms with Crippen molar-refractivity contribution in [3.63, 3.8) is 0 Å². The van der Waals surface area contributed by atoms with E-state index in [9.17, 15) is 4.79 Å². The van der Waals surface area contributed by atoms with E-state index in [2.05, 4.69) is 6.92 Å². The van der Waals surface area contributed by atoms with Crippen LogP contribution in [0, 0.1) is 5.92 Å². The summed E-state index contributed by atoms with van der Waals surface area (Å²) < 4.78 is 0. The normalized spacial score (nSPS) is 8.20. The van der Waals surface area contributed by atoms with E-state index in [0.29, 0.717) is 0 Å². The Morgan fingerprint density at radius 1 is 1.40 bits per heavy atom. The second kappa shape index (κ2) is 9.25. The fraction of sp³-hybridized carbons (Fsp3) is 0.750. The van der Waals surface area contributed by atoms with Crippen LogP contribution in [0.4, 0.5) is 0 Å². The van der Waals surface area contributed by atoms with Crippen LogP contribution >= 0.6 is 0 Å². The van der Waals surface area contributed by atoms with Gasteiger partial charge >= 0.3 is 0 Å². The summed E-state index contributed by atoms with van der Waals surface area (Å²) in [6.07, 6.45) is 5.24. The Labute approximate surface area is 78.5 Å². The number of unbranched alkanes of at least 4 members (excludes halogenated alkanes) is 1. The molecule has 0 aliphatic heterocycles. The molecular formula is C8H15OTi-. The van der Waals surface area contributed by atoms with Crippen LogP contribution in [0.2, 0.25) is 0 Å². The van der Waals surface area contributed by atoms with Crippen LogP contribution in [-0.4, -0.2) is 6.29 Å². The van der Waals surface area contributed by atoms with Gasteiger partial charge in [-0.3, -0.25) is 0 Å². The average molecular weight is 175 g/mol. The Bertz CT molecular complexity index is 73.7. The molecule has 0 unspecified atom stereocenters. The smallest absolute Gasteiger partial charge is 0 e. The van der Waals surface area contributed by atoms with Gasteiger partial charge in [0.15, 0.2) is 0 Å². The molecule has 10 heavy (non-hydrogen) atoms. The van der Waals surface area contributed by atoms with E-state index in [1.165, 1.54) is 6.42 Å². The number of rotatable bonds is 5. The van der Waals surface area contributed by atoms with Gasteiger partial charge in [0.2, 0.25) is 0 Å². The van der Waals surface area contributed by atoms with Crippen LogP contribution in [0.3, 0.4) is 0 Å². The minimum atomic E-state index is 0. The van der Waals surface area contributed by atoms with E-state index in [1.54, 1.807) is 0 Å². The second-order valence-electron chi connectivity index (χ2n) is 2.23. The predicted molar refractivity (Wildman–Crippen MR) is 39.1 cm³/mol. The molecule has 0 aromatic rings. The minimum Gasteiger partial charge on any atom is -0.338 e. The van der Waals surface area contributed by atoms with E-state index < -0.39 is 0 Å². The monoisotopic (exact) mass is 175 g/mol. The molecule has 1 nitrogen and oxygen atoms in total. The maximum Gasteiger partial charge on any atom is 0 e. The summed E-state index contributed by atoms with van der Waals surface area (Å²) in [6, 6.07) is 0. The Kier molecular flexibility index (Phi) is 11.9. The fourth-order valence-electron chi connectivity index (χ4n) is 0.723. The van der Waals surface area contributed by atoms with Gasteiger partial charge in [0.25, 0.3) is 0 Å². The first-order valence-electron chi connectivity index (χ1n) is 3.65. The van der Waals surface area contributed by atoms with Crippen molar-refractivity contribution >= 4 is 6.29 Å². The van der Waals surface area contributed by atoms with E-state index in [1.807, 2.05) is 6.92 Å². The van der Waals surface area contributed by atoms with Crippen molar-refractivity contribution in [2.24, 2.45) is 0 Å². The predicted octanol–water partition coefficient (Wildman–Crippen LogP) is 2.36. The Morgan fingerprint density at radius 3 is 2.30 bits per heavy atom. The molecule has 0 rings (SSSR count). The summed E-state index contributed by atoms with van der Waals surface area (Å²) in [5, 5.41) is 0. The first-order valence-corrected chi connectivity index (χ1v) is 3.65. The van der Waals surface area contributed by atoms with Gasteiger partial charge in [-0.2, -0.15) is 12.8 Å². The standard InChI is InChI=1S/C8H15O.Ti/c1-3-5-6-8(4-2)7-9;/h7H,3-6H2,1-2H3;/q-1;. The molecule has 0 aromatic carbocycles. The minimum absolute atomic E-state index is 0. The quantitative estimate of drug-likeness (QED) is 0.356. The number of aldehydes is 1. The first kappa shape index (κ1) is 12.9. The Morgan fingerprint density at radius 2 is 2.00 bits per heavy atom. The van der Waals surface area contributed by atoms with Gasteiger partial charge in [-0.1, -0.05) is 26.7 Å². The SMILES string of the molecule is CCCC[C-](C=O)CC.[Ti]. The summed E-state index contributed by atoms with van der Waals surface area (Å²) >= 11 is 0. The van der Waals surface area contributed by atoms with Gasteiger partial charge in [0.05, 0.1) is 0 Å². The van der Waals surface area contributed by atoms with Crippen molar-refractivity contribution in [2.75, 3.05) is 0 Å². The summed E-state index contributed by atoms with van der Waals surface area (Å²) in [7, 11) is 0. The summed E-state index contributed by atoms with van der Waals surface area (Å²) in [5.74, 6) is 1.05. The van der Waals surface area contributed by atoms with Crippen LogP contribution in [0.5, 0.6) is 0 Å². The molecule has 2 heteroatoms. The molecular weight excluding hydrogens is 160 g/mol. The van der Waals surface area contributed by atoms with E-state index in [0.717, 1.165) is 31.5 Å². The van der Waals surface area contributed by atoms with Gasteiger partial charge in [-0.15, -0.1) is 0 Å². The maximum absolute atomic E-state index is 10.2. The number of hydrogen-bond acceptors (Lipinski definition) is 1. The van der Waals surface area contributed by atoms with Crippen LogP contribution in [0.15, 0.2) is 0 Å². The second-order valence-corrected chi connectivity index (χ2v) is 2.23. The van der Waals surface area contributed by atoms with E-state index >= 15 is 0 Å². The third-order valence-electron chi connectivity index (χ3n) is 1.47. The number of carbonyl (C=O) groups excluding carboxylic acids is 1. The van der Waals surface area contributed by atoms with Crippen molar-refractivity contribution < 1.29 is 26.5 Å². The summed E-state index contributed by atoms with van der Waals surface area (Å²) in [5.41, 5.74) is 0. The molecule has 0 aromatic heterocycles. The van der Waals surface area contributed by atoms with Gasteiger partial charge in [0, 0.05) is 21.7 Å². The molecule has 0 saturated carbocycles. The molecule has 0 aliphatic carbocycles. The van der Waals surface area contributed by atoms with E-state index in [4.69, 9.17) is 0 Å². The topological polar surface area (TPSA) is 17.1 Å². The molecule has 0 aliphatic rings. The molecule has 58 valence electrons. The molecule has 0 amide bonds. The fourth-order valence-corrected chi connectivity index (χ4v) is 0.723. The third kappa shape index (κ3) is 6.38. The van der Waals surface area contributed by atoms with E-state index in [-0.39, 0.29) is 21.7 Å². The van der Waals surface area contributed by atoms with Crippen molar-refractivity contribution in [1.29, 1.82) is 0 Å². The van der Waals surface area contributed by atoms with Crippen molar-refractivity contribution in [3.8, 4) is 0 Å². The zero-order chi connectivity index (χ0) is 7.11. The van der Waals surface area contributed by atoms with Crippen molar-refractivity contribution in [2.45, 2.75) is 39.5 Å². The summed E-state index contributed by atoms with van der Waals surface area (Å²) in [4.78, 5) is 10.2. The molecule has 0 radical (unpaired) electrons. The van der Waals surface area contributed by atoms with Crippen molar-refractivity contribution in [3.05, 3.63) is 5.92 Å². The Balaban J connectivity index is 0. The molecule has 0 bridgehead atoms. The van der Waals surface area contributed by atoms with Crippen molar-refractivity contribution in [1.82, 2.24) is 0 Å². The number of hydrogen-bond donors (Lipinski definition) is 0. The molecule has 0 heterocycles. The van der Waals surface area contributed by atoms with Crippen LogP contribution in [-0.2, 0) is 26.5 Å². The molecule has 0 saturated heterocycles. The molecule has 0 spiro atoms. The molecule has 0 N–H and O–H groups in total. The Hall–Kier alpha value is 0.254. The number of carbonyl (C=O) groups is 1. The first-order chi connectivity index (χ1) is 4.35. The zero-order valence-corrected chi connectivity index (χ0v) is 8.38. The molecule has 0 fully saturated rings. The van der Waals surface area contributed by atoms with Crippen LogP contribution in [0.25, 0.3) is 0 Å².